The fourth-order valence-corrected chi connectivity index (χ4v) is 3.13. The van der Waals surface area contributed by atoms with Crippen molar-refractivity contribution in [3.63, 3.8) is 0 Å². The zero-order chi connectivity index (χ0) is 17.2. The van der Waals surface area contributed by atoms with Gasteiger partial charge in [-0.15, -0.1) is 11.3 Å². The maximum Gasteiger partial charge on any atom is 0.416 e. The molecule has 1 aliphatic carbocycles. The standard InChI is InChI=1S/C18H16F3NOS/c19-18(20,21)14-4-1-3-13(11-14)6-9-17(23)22(15-7-8-15)12-16-5-2-10-24-16/h1-6,9-11,15H,7-8,12H2/b9-6+. The van der Waals surface area contributed by atoms with E-state index >= 15 is 0 Å². The molecule has 1 aromatic carbocycles. The van der Waals surface area contributed by atoms with Gasteiger partial charge in [-0.05, 0) is 48.1 Å². The number of benzene rings is 1. The molecule has 126 valence electrons. The van der Waals surface area contributed by atoms with Crippen LogP contribution in [-0.2, 0) is 17.5 Å². The fraction of sp³-hybridized carbons (Fsp3) is 0.278. The van der Waals surface area contributed by atoms with Crippen LogP contribution in [0.2, 0.25) is 0 Å². The van der Waals surface area contributed by atoms with E-state index in [1.165, 1.54) is 18.2 Å². The zero-order valence-corrected chi connectivity index (χ0v) is 13.6. The summed E-state index contributed by atoms with van der Waals surface area (Å²) in [7, 11) is 0. The number of rotatable bonds is 5. The molecule has 3 rings (SSSR count). The van der Waals surface area contributed by atoms with Crippen LogP contribution in [0.5, 0.6) is 0 Å². The fourth-order valence-electron chi connectivity index (χ4n) is 2.43. The second-order valence-electron chi connectivity index (χ2n) is 5.73. The molecular weight excluding hydrogens is 335 g/mol. The molecule has 2 nitrogen and oxygen atoms in total. The van der Waals surface area contributed by atoms with Gasteiger partial charge in [-0.1, -0.05) is 18.2 Å². The zero-order valence-electron chi connectivity index (χ0n) is 12.8. The Morgan fingerprint density at radius 2 is 2.04 bits per heavy atom. The maximum absolute atomic E-state index is 12.7. The van der Waals surface area contributed by atoms with Gasteiger partial charge in [-0.25, -0.2) is 0 Å². The summed E-state index contributed by atoms with van der Waals surface area (Å²) in [4.78, 5) is 15.3. The highest BCUT2D eigenvalue weighted by atomic mass is 32.1. The predicted molar refractivity (Wildman–Crippen MR) is 88.4 cm³/mol. The number of alkyl halides is 3. The third-order valence-electron chi connectivity index (χ3n) is 3.81. The van der Waals surface area contributed by atoms with Gasteiger partial charge in [0.1, 0.15) is 0 Å². The molecule has 24 heavy (non-hydrogen) atoms. The molecule has 6 heteroatoms. The van der Waals surface area contributed by atoms with Crippen LogP contribution < -0.4 is 0 Å². The molecule has 1 fully saturated rings. The largest absolute Gasteiger partial charge is 0.416 e. The normalized spacial score (nSPS) is 15.0. The quantitative estimate of drug-likeness (QED) is 0.697. The van der Waals surface area contributed by atoms with E-state index in [9.17, 15) is 18.0 Å². The van der Waals surface area contributed by atoms with Crippen LogP contribution in [0.4, 0.5) is 13.2 Å². The summed E-state index contributed by atoms with van der Waals surface area (Å²) in [5, 5.41) is 1.96. The van der Waals surface area contributed by atoms with Gasteiger partial charge in [0.2, 0.25) is 5.91 Å². The second kappa shape index (κ2) is 6.81. The van der Waals surface area contributed by atoms with Crippen LogP contribution in [0.3, 0.4) is 0 Å². The Kier molecular flexibility index (Phi) is 4.76. The summed E-state index contributed by atoms with van der Waals surface area (Å²) in [6.07, 6.45) is 0.388. The number of amides is 1. The molecule has 0 aliphatic heterocycles. The van der Waals surface area contributed by atoms with Crippen LogP contribution in [0.1, 0.15) is 28.8 Å². The Balaban J connectivity index is 1.71. The van der Waals surface area contributed by atoms with Crippen molar-refractivity contribution in [1.29, 1.82) is 0 Å². The van der Waals surface area contributed by atoms with Gasteiger partial charge in [0.25, 0.3) is 0 Å². The molecule has 0 saturated heterocycles. The summed E-state index contributed by atoms with van der Waals surface area (Å²) in [6.45, 7) is 0.550. The molecule has 0 bridgehead atoms. The summed E-state index contributed by atoms with van der Waals surface area (Å²) >= 11 is 1.59. The monoisotopic (exact) mass is 351 g/mol. The molecule has 1 saturated carbocycles. The van der Waals surface area contributed by atoms with Crippen LogP contribution in [0.25, 0.3) is 6.08 Å². The molecule has 0 atom stereocenters. The highest BCUT2D eigenvalue weighted by Crippen LogP contribution is 2.31. The average Bonchev–Trinajstić information content (AvgIpc) is 3.26. The smallest absolute Gasteiger partial charge is 0.331 e. The van der Waals surface area contributed by atoms with Gasteiger partial charge in [0, 0.05) is 17.0 Å². The number of hydrogen-bond donors (Lipinski definition) is 0. The second-order valence-corrected chi connectivity index (χ2v) is 6.77. The minimum atomic E-state index is -4.38. The van der Waals surface area contributed by atoms with Crippen molar-refractivity contribution in [3.8, 4) is 0 Å². The predicted octanol–water partition coefficient (Wildman–Crippen LogP) is 4.97. The lowest BCUT2D eigenvalue weighted by molar-refractivity contribution is -0.137. The van der Waals surface area contributed by atoms with Crippen molar-refractivity contribution in [1.82, 2.24) is 4.90 Å². The first-order chi connectivity index (χ1) is 11.4. The van der Waals surface area contributed by atoms with Gasteiger partial charge >= 0.3 is 6.18 Å². The van der Waals surface area contributed by atoms with Crippen molar-refractivity contribution in [2.24, 2.45) is 0 Å². The highest BCUT2D eigenvalue weighted by molar-refractivity contribution is 7.09. The molecule has 1 aliphatic rings. The van der Waals surface area contributed by atoms with E-state index in [4.69, 9.17) is 0 Å². The van der Waals surface area contributed by atoms with E-state index in [1.54, 1.807) is 22.3 Å². The first kappa shape index (κ1) is 16.8. The van der Waals surface area contributed by atoms with Crippen LogP contribution in [0, 0.1) is 0 Å². The molecule has 0 spiro atoms. The van der Waals surface area contributed by atoms with Crippen LogP contribution >= 0.6 is 11.3 Å². The van der Waals surface area contributed by atoms with Crippen molar-refractivity contribution in [3.05, 3.63) is 63.9 Å². The Morgan fingerprint density at radius 1 is 1.25 bits per heavy atom. The Bertz CT molecular complexity index is 733. The maximum atomic E-state index is 12.7. The highest BCUT2D eigenvalue weighted by Gasteiger charge is 2.32. The average molecular weight is 351 g/mol. The summed E-state index contributed by atoms with van der Waals surface area (Å²) in [6, 6.07) is 9.12. The molecule has 1 amide bonds. The van der Waals surface area contributed by atoms with Crippen LogP contribution in [-0.4, -0.2) is 16.8 Å². The number of carbonyl (C=O) groups excluding carboxylic acids is 1. The molecule has 0 radical (unpaired) electrons. The van der Waals surface area contributed by atoms with Crippen LogP contribution in [0.15, 0.2) is 47.9 Å². The Morgan fingerprint density at radius 3 is 2.67 bits per heavy atom. The van der Waals surface area contributed by atoms with E-state index in [0.29, 0.717) is 12.1 Å². The number of carbonyl (C=O) groups is 1. The first-order valence-corrected chi connectivity index (χ1v) is 8.50. The summed E-state index contributed by atoms with van der Waals surface area (Å²) in [5.41, 5.74) is -0.347. The topological polar surface area (TPSA) is 20.3 Å². The minimum absolute atomic E-state index is 0.164. The molecule has 1 heterocycles. The number of thiophene rings is 1. The first-order valence-electron chi connectivity index (χ1n) is 7.62. The van der Waals surface area contributed by atoms with E-state index < -0.39 is 11.7 Å². The van der Waals surface area contributed by atoms with Crippen molar-refractivity contribution < 1.29 is 18.0 Å². The summed E-state index contributed by atoms with van der Waals surface area (Å²) in [5.74, 6) is -0.164. The van der Waals surface area contributed by atoms with E-state index in [-0.39, 0.29) is 11.9 Å². The van der Waals surface area contributed by atoms with Gasteiger partial charge in [0.05, 0.1) is 12.1 Å². The number of nitrogens with zero attached hydrogens (tertiary/aromatic N) is 1. The minimum Gasteiger partial charge on any atom is -0.331 e. The number of halogens is 3. The van der Waals surface area contributed by atoms with Gasteiger partial charge in [0.15, 0.2) is 0 Å². The van der Waals surface area contributed by atoms with Gasteiger partial charge in [-0.3, -0.25) is 4.79 Å². The molecule has 0 N–H and O–H groups in total. The lowest BCUT2D eigenvalue weighted by atomic mass is 10.1. The van der Waals surface area contributed by atoms with E-state index in [2.05, 4.69) is 0 Å². The lowest BCUT2D eigenvalue weighted by Gasteiger charge is -2.20. The number of hydrogen-bond acceptors (Lipinski definition) is 2. The van der Waals surface area contributed by atoms with Gasteiger partial charge in [-0.2, -0.15) is 13.2 Å². The molecule has 0 unspecified atom stereocenters. The Hall–Kier alpha value is -2.08. The molecular formula is C18H16F3NOS. The van der Waals surface area contributed by atoms with Gasteiger partial charge < -0.3 is 4.90 Å². The summed E-state index contributed by atoms with van der Waals surface area (Å²) < 4.78 is 38.2. The van der Waals surface area contributed by atoms with E-state index in [0.717, 1.165) is 29.9 Å². The molecule has 2 aromatic rings. The third kappa shape index (κ3) is 4.26. The third-order valence-corrected chi connectivity index (χ3v) is 4.67. The Labute approximate surface area is 142 Å². The lowest BCUT2D eigenvalue weighted by Crippen LogP contribution is -2.30. The SMILES string of the molecule is O=C(/C=C/c1cccc(C(F)(F)F)c1)N(Cc1cccs1)C1CC1. The van der Waals surface area contributed by atoms with Crippen molar-refractivity contribution >= 4 is 23.3 Å². The van der Waals surface area contributed by atoms with E-state index in [1.807, 2.05) is 17.5 Å². The van der Waals surface area contributed by atoms with Crippen molar-refractivity contribution in [2.45, 2.75) is 31.6 Å². The molecule has 1 aromatic heterocycles. The van der Waals surface area contributed by atoms with Crippen molar-refractivity contribution in [2.75, 3.05) is 0 Å².